The summed E-state index contributed by atoms with van der Waals surface area (Å²) in [6, 6.07) is 6.91. The molecule has 6 N–H and O–H groups in total. The third-order valence-corrected chi connectivity index (χ3v) is 2.43. The van der Waals surface area contributed by atoms with Gasteiger partial charge in [-0.25, -0.2) is 0 Å². The van der Waals surface area contributed by atoms with Crippen LogP contribution in [0.25, 0.3) is 10.9 Å². The first-order chi connectivity index (χ1) is 7.18. The molecule has 5 heteroatoms. The standard InChI is InChI=1S/C11H12N2O2.H2O/c12-9(11(14)15)5-7-6-13-10-4-2-1-3-8(7)10;/h1-4,6,9,13H,5,12H2,(H,14,15);1H2/t9-;/m0./s1. The van der Waals surface area contributed by atoms with E-state index in [9.17, 15) is 4.79 Å². The smallest absolute Gasteiger partial charge is 0.320 e. The van der Waals surface area contributed by atoms with Crippen molar-refractivity contribution in [2.24, 2.45) is 5.73 Å². The monoisotopic (exact) mass is 222 g/mol. The third kappa shape index (κ3) is 2.21. The van der Waals surface area contributed by atoms with Gasteiger partial charge in [0.25, 0.3) is 0 Å². The lowest BCUT2D eigenvalue weighted by Crippen LogP contribution is -2.32. The van der Waals surface area contributed by atoms with Gasteiger partial charge in [-0.3, -0.25) is 4.79 Å². The lowest BCUT2D eigenvalue weighted by atomic mass is 10.1. The van der Waals surface area contributed by atoms with E-state index < -0.39 is 12.0 Å². The van der Waals surface area contributed by atoms with Crippen LogP contribution in [0.4, 0.5) is 0 Å². The summed E-state index contributed by atoms with van der Waals surface area (Å²) in [6.07, 6.45) is 2.16. The van der Waals surface area contributed by atoms with Crippen LogP contribution >= 0.6 is 0 Å². The van der Waals surface area contributed by atoms with E-state index in [0.29, 0.717) is 6.42 Å². The molecule has 0 aliphatic rings. The number of nitrogens with one attached hydrogen (secondary N) is 1. The van der Waals surface area contributed by atoms with E-state index in [1.807, 2.05) is 30.5 Å². The van der Waals surface area contributed by atoms with Crippen molar-refractivity contribution in [1.82, 2.24) is 4.98 Å². The summed E-state index contributed by atoms with van der Waals surface area (Å²) in [7, 11) is 0. The van der Waals surface area contributed by atoms with E-state index in [2.05, 4.69) is 4.98 Å². The molecule has 86 valence electrons. The Labute approximate surface area is 92.2 Å². The average molecular weight is 222 g/mol. The largest absolute Gasteiger partial charge is 0.480 e. The highest BCUT2D eigenvalue weighted by Gasteiger charge is 2.14. The zero-order valence-electron chi connectivity index (χ0n) is 8.60. The van der Waals surface area contributed by atoms with Crippen LogP contribution in [-0.2, 0) is 11.2 Å². The number of aromatic nitrogens is 1. The maximum atomic E-state index is 10.6. The van der Waals surface area contributed by atoms with Crippen molar-refractivity contribution < 1.29 is 15.4 Å². The number of aliphatic carboxylic acids is 1. The number of aromatic amines is 1. The minimum atomic E-state index is -0.972. The first-order valence-electron chi connectivity index (χ1n) is 4.72. The number of fused-ring (bicyclic) bond motifs is 1. The van der Waals surface area contributed by atoms with Gasteiger partial charge in [0, 0.05) is 23.5 Å². The fraction of sp³-hybridized carbons (Fsp3) is 0.182. The van der Waals surface area contributed by atoms with Crippen LogP contribution in [0.1, 0.15) is 5.56 Å². The number of para-hydroxylation sites is 1. The minimum Gasteiger partial charge on any atom is -0.480 e. The molecule has 16 heavy (non-hydrogen) atoms. The zero-order chi connectivity index (χ0) is 10.8. The van der Waals surface area contributed by atoms with Crippen LogP contribution in [0.3, 0.4) is 0 Å². The van der Waals surface area contributed by atoms with Gasteiger partial charge < -0.3 is 21.3 Å². The second kappa shape index (κ2) is 4.78. The Morgan fingerprint density at radius 1 is 1.44 bits per heavy atom. The average Bonchev–Trinajstić information content (AvgIpc) is 2.62. The molecule has 0 amide bonds. The van der Waals surface area contributed by atoms with Crippen molar-refractivity contribution in [1.29, 1.82) is 0 Å². The van der Waals surface area contributed by atoms with Gasteiger partial charge in [-0.15, -0.1) is 0 Å². The number of hydrogen-bond acceptors (Lipinski definition) is 2. The number of benzene rings is 1. The van der Waals surface area contributed by atoms with Gasteiger partial charge in [0.05, 0.1) is 0 Å². The molecule has 0 fully saturated rings. The Morgan fingerprint density at radius 3 is 2.81 bits per heavy atom. The maximum Gasteiger partial charge on any atom is 0.320 e. The highest BCUT2D eigenvalue weighted by atomic mass is 16.4. The number of rotatable bonds is 3. The Bertz CT molecular complexity index is 493. The normalized spacial score (nSPS) is 12.1. The number of carboxylic acids is 1. The summed E-state index contributed by atoms with van der Waals surface area (Å²) in [5, 5.41) is 9.75. The topological polar surface area (TPSA) is 111 Å². The number of nitrogens with two attached hydrogens (primary N) is 1. The molecule has 2 rings (SSSR count). The molecular formula is C11H14N2O3. The van der Waals surface area contributed by atoms with Crippen molar-refractivity contribution >= 4 is 16.9 Å². The third-order valence-electron chi connectivity index (χ3n) is 2.43. The molecule has 0 spiro atoms. The van der Waals surface area contributed by atoms with Crippen LogP contribution < -0.4 is 5.73 Å². The van der Waals surface area contributed by atoms with Gasteiger partial charge in [-0.1, -0.05) is 18.2 Å². The van der Waals surface area contributed by atoms with E-state index in [1.165, 1.54) is 0 Å². The van der Waals surface area contributed by atoms with Crippen molar-refractivity contribution in [2.75, 3.05) is 0 Å². The van der Waals surface area contributed by atoms with Crippen LogP contribution in [0.5, 0.6) is 0 Å². The number of carbonyl (C=O) groups is 1. The summed E-state index contributed by atoms with van der Waals surface area (Å²) >= 11 is 0. The van der Waals surface area contributed by atoms with Crippen molar-refractivity contribution in [3.8, 4) is 0 Å². The highest BCUT2D eigenvalue weighted by molar-refractivity contribution is 5.84. The van der Waals surface area contributed by atoms with Crippen molar-refractivity contribution in [3.63, 3.8) is 0 Å². The molecule has 1 aromatic carbocycles. The molecule has 0 aliphatic heterocycles. The second-order valence-corrected chi connectivity index (χ2v) is 3.51. The highest BCUT2D eigenvalue weighted by Crippen LogP contribution is 2.18. The van der Waals surface area contributed by atoms with Gasteiger partial charge in [0.1, 0.15) is 6.04 Å². The first kappa shape index (κ1) is 12.2. The predicted molar refractivity (Wildman–Crippen MR) is 61.2 cm³/mol. The molecule has 1 aromatic heterocycles. The fourth-order valence-electron chi connectivity index (χ4n) is 1.62. The molecule has 0 bridgehead atoms. The molecule has 0 radical (unpaired) electrons. The predicted octanol–water partition coefficient (Wildman–Crippen LogP) is 0.298. The molecule has 0 saturated heterocycles. The maximum absolute atomic E-state index is 10.6. The van der Waals surface area contributed by atoms with Gasteiger partial charge in [-0.2, -0.15) is 0 Å². The summed E-state index contributed by atoms with van der Waals surface area (Å²) < 4.78 is 0. The number of H-pyrrole nitrogens is 1. The zero-order valence-corrected chi connectivity index (χ0v) is 8.60. The quantitative estimate of drug-likeness (QED) is 0.694. The molecule has 1 heterocycles. The summed E-state index contributed by atoms with van der Waals surface area (Å²) in [5.74, 6) is -0.972. The van der Waals surface area contributed by atoms with Crippen LogP contribution in [0.2, 0.25) is 0 Å². The molecule has 0 unspecified atom stereocenters. The Balaban J connectivity index is 0.00000128. The molecule has 5 nitrogen and oxygen atoms in total. The Kier molecular flexibility index (Phi) is 3.65. The van der Waals surface area contributed by atoms with E-state index >= 15 is 0 Å². The van der Waals surface area contributed by atoms with Crippen molar-refractivity contribution in [2.45, 2.75) is 12.5 Å². The first-order valence-corrected chi connectivity index (χ1v) is 4.72. The lowest BCUT2D eigenvalue weighted by molar-refractivity contribution is -0.138. The Hall–Kier alpha value is -1.85. The fourth-order valence-corrected chi connectivity index (χ4v) is 1.62. The SMILES string of the molecule is N[C@@H](Cc1c[nH]c2ccccc12)C(=O)O.O. The van der Waals surface area contributed by atoms with E-state index in [1.54, 1.807) is 0 Å². The van der Waals surface area contributed by atoms with E-state index in [4.69, 9.17) is 10.8 Å². The number of hydrogen-bond donors (Lipinski definition) is 3. The van der Waals surface area contributed by atoms with E-state index in [0.717, 1.165) is 16.5 Å². The van der Waals surface area contributed by atoms with Crippen molar-refractivity contribution in [3.05, 3.63) is 36.0 Å². The minimum absolute atomic E-state index is 0. The van der Waals surface area contributed by atoms with E-state index in [-0.39, 0.29) is 5.48 Å². The van der Waals surface area contributed by atoms with Gasteiger partial charge in [-0.05, 0) is 11.6 Å². The van der Waals surface area contributed by atoms with Crippen LogP contribution in [0.15, 0.2) is 30.5 Å². The van der Waals surface area contributed by atoms with Crippen LogP contribution in [0, 0.1) is 0 Å². The lowest BCUT2D eigenvalue weighted by Gasteiger charge is -2.04. The summed E-state index contributed by atoms with van der Waals surface area (Å²) in [4.78, 5) is 13.7. The van der Waals surface area contributed by atoms with Gasteiger partial charge in [0.2, 0.25) is 0 Å². The van der Waals surface area contributed by atoms with Crippen LogP contribution in [-0.4, -0.2) is 27.6 Å². The van der Waals surface area contributed by atoms with Gasteiger partial charge in [0.15, 0.2) is 0 Å². The molecule has 0 aliphatic carbocycles. The van der Waals surface area contributed by atoms with Gasteiger partial charge >= 0.3 is 5.97 Å². The second-order valence-electron chi connectivity index (χ2n) is 3.51. The summed E-state index contributed by atoms with van der Waals surface area (Å²) in [6.45, 7) is 0. The Morgan fingerprint density at radius 2 is 2.12 bits per heavy atom. The molecule has 1 atom stereocenters. The molecule has 0 saturated carbocycles. The number of carboxylic acid groups (broad SMARTS) is 1. The molecule has 2 aromatic rings. The summed E-state index contributed by atoms with van der Waals surface area (Å²) in [5.41, 5.74) is 7.43. The molecular weight excluding hydrogens is 208 g/mol.